The fourth-order valence-corrected chi connectivity index (χ4v) is 5.67. The molecule has 0 unspecified atom stereocenters. The molecule has 33 heavy (non-hydrogen) atoms. The van der Waals surface area contributed by atoms with E-state index in [-0.39, 0.29) is 16.2 Å². The highest BCUT2D eigenvalue weighted by Crippen LogP contribution is 2.31. The van der Waals surface area contributed by atoms with Gasteiger partial charge in [0.2, 0.25) is 0 Å². The summed E-state index contributed by atoms with van der Waals surface area (Å²) in [5.74, 6) is -0.00724. The highest BCUT2D eigenvalue weighted by molar-refractivity contribution is 7.92. The van der Waals surface area contributed by atoms with Crippen LogP contribution in [0.2, 0.25) is 0 Å². The number of piperidine rings is 1. The highest BCUT2D eigenvalue weighted by Gasteiger charge is 2.26. The molecule has 2 aliphatic heterocycles. The highest BCUT2D eigenvalue weighted by atomic mass is 32.2. The molecule has 0 aliphatic carbocycles. The Morgan fingerprint density at radius 2 is 1.45 bits per heavy atom. The Bertz CT molecular complexity index is 1090. The van der Waals surface area contributed by atoms with Gasteiger partial charge < -0.3 is 9.80 Å². The van der Waals surface area contributed by atoms with E-state index in [0.717, 1.165) is 69.5 Å². The lowest BCUT2D eigenvalue weighted by Crippen LogP contribution is -2.36. The number of amides is 1. The van der Waals surface area contributed by atoms with E-state index in [2.05, 4.69) is 30.4 Å². The Balaban J connectivity index is 1.62. The Hall–Kier alpha value is -2.54. The van der Waals surface area contributed by atoms with E-state index < -0.39 is 10.0 Å². The van der Waals surface area contributed by atoms with Crippen molar-refractivity contribution in [2.24, 2.45) is 0 Å². The van der Waals surface area contributed by atoms with Gasteiger partial charge in [-0.05, 0) is 73.4 Å². The number of benzene rings is 2. The van der Waals surface area contributed by atoms with E-state index >= 15 is 0 Å². The number of carbonyl (C=O) groups excluding carboxylic acids is 1. The minimum Gasteiger partial charge on any atom is -0.371 e. The third-order valence-electron chi connectivity index (χ3n) is 6.60. The maximum absolute atomic E-state index is 13.4. The molecule has 178 valence electrons. The quantitative estimate of drug-likeness (QED) is 0.668. The summed E-state index contributed by atoms with van der Waals surface area (Å²) in [5.41, 5.74) is 2.93. The first-order valence-corrected chi connectivity index (χ1v) is 13.5. The molecular formula is C26H35N3O3S. The second-order valence-corrected chi connectivity index (χ2v) is 11.8. The minimum absolute atomic E-state index is 0.00724. The average molecular weight is 470 g/mol. The number of anilines is 2. The number of sulfonamides is 1. The third kappa shape index (κ3) is 5.35. The zero-order chi connectivity index (χ0) is 23.6. The topological polar surface area (TPSA) is 69.7 Å². The van der Waals surface area contributed by atoms with Gasteiger partial charge in [0.1, 0.15) is 0 Å². The normalized spacial score (nSPS) is 17.3. The summed E-state index contributed by atoms with van der Waals surface area (Å²) in [7, 11) is -3.76. The van der Waals surface area contributed by atoms with Gasteiger partial charge in [0.05, 0.1) is 10.5 Å². The fraction of sp³-hybridized carbons (Fsp3) is 0.500. The van der Waals surface area contributed by atoms with E-state index in [0.29, 0.717) is 11.3 Å². The Labute approximate surface area is 198 Å². The lowest BCUT2D eigenvalue weighted by molar-refractivity contribution is 0.0725. The van der Waals surface area contributed by atoms with Crippen molar-refractivity contribution in [3.05, 3.63) is 53.6 Å². The molecule has 2 saturated heterocycles. The molecule has 7 heteroatoms. The summed E-state index contributed by atoms with van der Waals surface area (Å²) in [6.07, 6.45) is 5.40. The average Bonchev–Trinajstić information content (AvgIpc) is 3.33. The molecule has 2 aliphatic rings. The first-order valence-electron chi connectivity index (χ1n) is 12.0. The van der Waals surface area contributed by atoms with Gasteiger partial charge >= 0.3 is 0 Å². The Morgan fingerprint density at radius 1 is 0.848 bits per heavy atom. The van der Waals surface area contributed by atoms with Crippen molar-refractivity contribution in [2.75, 3.05) is 35.8 Å². The molecule has 0 atom stereocenters. The molecule has 1 amide bonds. The van der Waals surface area contributed by atoms with Crippen molar-refractivity contribution in [2.45, 2.75) is 63.2 Å². The van der Waals surface area contributed by atoms with Crippen LogP contribution in [0.3, 0.4) is 0 Å². The largest absolute Gasteiger partial charge is 0.371 e. The number of likely N-dealkylation sites (tertiary alicyclic amines) is 1. The van der Waals surface area contributed by atoms with Gasteiger partial charge in [0.25, 0.3) is 15.9 Å². The van der Waals surface area contributed by atoms with Crippen LogP contribution in [0.5, 0.6) is 0 Å². The maximum Gasteiger partial charge on any atom is 0.261 e. The molecule has 0 radical (unpaired) electrons. The first kappa shape index (κ1) is 23.6. The van der Waals surface area contributed by atoms with Gasteiger partial charge in [-0.3, -0.25) is 9.52 Å². The van der Waals surface area contributed by atoms with Crippen LogP contribution in [0.1, 0.15) is 68.8 Å². The maximum atomic E-state index is 13.4. The molecule has 2 heterocycles. The number of nitrogens with one attached hydrogen (secondary N) is 1. The van der Waals surface area contributed by atoms with Crippen LogP contribution in [-0.4, -0.2) is 45.4 Å². The second kappa shape index (κ2) is 9.37. The molecule has 0 aromatic heterocycles. The number of hydrogen-bond donors (Lipinski definition) is 1. The number of hydrogen-bond acceptors (Lipinski definition) is 4. The Kier molecular flexibility index (Phi) is 6.71. The lowest BCUT2D eigenvalue weighted by atomic mass is 9.87. The van der Waals surface area contributed by atoms with Crippen LogP contribution in [0, 0.1) is 0 Å². The van der Waals surface area contributed by atoms with E-state index in [9.17, 15) is 13.2 Å². The number of carbonyl (C=O) groups is 1. The molecule has 0 bridgehead atoms. The van der Waals surface area contributed by atoms with Crippen LogP contribution in [-0.2, 0) is 15.4 Å². The molecule has 0 saturated carbocycles. The smallest absolute Gasteiger partial charge is 0.261 e. The van der Waals surface area contributed by atoms with Crippen molar-refractivity contribution < 1.29 is 13.2 Å². The lowest BCUT2D eigenvalue weighted by Gasteiger charge is -2.29. The van der Waals surface area contributed by atoms with Gasteiger partial charge in [-0.2, -0.15) is 0 Å². The zero-order valence-corrected chi connectivity index (χ0v) is 20.7. The molecular weight excluding hydrogens is 434 g/mol. The third-order valence-corrected chi connectivity index (χ3v) is 8.00. The van der Waals surface area contributed by atoms with Crippen LogP contribution >= 0.6 is 0 Å². The molecule has 1 N–H and O–H groups in total. The monoisotopic (exact) mass is 469 g/mol. The van der Waals surface area contributed by atoms with E-state index in [4.69, 9.17) is 0 Å². The Morgan fingerprint density at radius 3 is 2.06 bits per heavy atom. The van der Waals surface area contributed by atoms with Crippen molar-refractivity contribution in [3.63, 3.8) is 0 Å². The summed E-state index contributed by atoms with van der Waals surface area (Å²) in [6.45, 7) is 9.65. The van der Waals surface area contributed by atoms with Crippen molar-refractivity contribution in [1.82, 2.24) is 4.90 Å². The van der Waals surface area contributed by atoms with Gasteiger partial charge in [0.15, 0.2) is 0 Å². The van der Waals surface area contributed by atoms with Crippen molar-refractivity contribution in [1.29, 1.82) is 0 Å². The van der Waals surface area contributed by atoms with Crippen molar-refractivity contribution >= 4 is 27.3 Å². The molecule has 6 nitrogen and oxygen atoms in total. The van der Waals surface area contributed by atoms with Gasteiger partial charge in [-0.25, -0.2) is 8.42 Å². The second-order valence-electron chi connectivity index (χ2n) is 10.2. The first-order chi connectivity index (χ1) is 15.6. The fourth-order valence-electron chi connectivity index (χ4n) is 4.62. The minimum atomic E-state index is -3.76. The summed E-state index contributed by atoms with van der Waals surface area (Å²) in [5, 5.41) is 0. The predicted octanol–water partition coefficient (Wildman–Crippen LogP) is 5.01. The van der Waals surface area contributed by atoms with Crippen LogP contribution < -0.4 is 9.62 Å². The summed E-state index contributed by atoms with van der Waals surface area (Å²) >= 11 is 0. The van der Waals surface area contributed by atoms with Crippen molar-refractivity contribution in [3.8, 4) is 0 Å². The standard InChI is InChI=1S/C26H35N3O3S/c1-26(2,3)20-9-12-22(13-10-20)33(31,32)27-21-11-14-24(28-15-7-8-16-28)23(19-21)25(30)29-17-5-4-6-18-29/h9-14,19,27H,4-8,15-18H2,1-3H3. The van der Waals surface area contributed by atoms with E-state index in [1.807, 2.05) is 23.1 Å². The summed E-state index contributed by atoms with van der Waals surface area (Å²) in [6, 6.07) is 12.4. The molecule has 0 spiro atoms. The van der Waals surface area contributed by atoms with E-state index in [1.54, 1.807) is 24.3 Å². The van der Waals surface area contributed by atoms with Gasteiger partial charge in [-0.15, -0.1) is 0 Å². The molecule has 4 rings (SSSR count). The van der Waals surface area contributed by atoms with Crippen LogP contribution in [0.15, 0.2) is 47.4 Å². The SMILES string of the molecule is CC(C)(C)c1ccc(S(=O)(=O)Nc2ccc(N3CCCC3)c(C(=O)N3CCCCC3)c2)cc1. The van der Waals surface area contributed by atoms with Crippen LogP contribution in [0.4, 0.5) is 11.4 Å². The predicted molar refractivity (Wildman–Crippen MR) is 134 cm³/mol. The summed E-state index contributed by atoms with van der Waals surface area (Å²) in [4.78, 5) is 17.8. The number of rotatable bonds is 5. The zero-order valence-electron chi connectivity index (χ0n) is 19.9. The number of nitrogens with zero attached hydrogens (tertiary/aromatic N) is 2. The molecule has 2 aromatic rings. The van der Waals surface area contributed by atoms with Gasteiger partial charge in [0, 0.05) is 37.6 Å². The summed E-state index contributed by atoms with van der Waals surface area (Å²) < 4.78 is 28.8. The van der Waals surface area contributed by atoms with Gasteiger partial charge in [-0.1, -0.05) is 32.9 Å². The van der Waals surface area contributed by atoms with Crippen LogP contribution in [0.25, 0.3) is 0 Å². The molecule has 2 fully saturated rings. The molecule has 2 aromatic carbocycles. The van der Waals surface area contributed by atoms with E-state index in [1.165, 1.54) is 0 Å².